The van der Waals surface area contributed by atoms with E-state index in [-0.39, 0.29) is 34.4 Å². The molecule has 2 aliphatic rings. The first-order valence-electron chi connectivity index (χ1n) is 7.49. The molecule has 3 nitrogen and oxygen atoms in total. The monoisotopic (exact) mass is 328 g/mol. The number of ether oxygens (including phenoxy) is 1. The number of fused-ring (bicyclic) bond motifs is 2. The summed E-state index contributed by atoms with van der Waals surface area (Å²) in [5.74, 6) is 0.00179. The van der Waals surface area contributed by atoms with Gasteiger partial charge in [-0.25, -0.2) is 0 Å². The highest BCUT2D eigenvalue weighted by Crippen LogP contribution is 2.39. The highest BCUT2D eigenvalue weighted by molar-refractivity contribution is 7.86. The zero-order valence-electron chi connectivity index (χ0n) is 12.0. The molecule has 120 valence electrons. The van der Waals surface area contributed by atoms with Crippen molar-refractivity contribution in [1.29, 1.82) is 0 Å². The average molecular weight is 328 g/mol. The van der Waals surface area contributed by atoms with Gasteiger partial charge in [0.05, 0.1) is 0 Å². The van der Waals surface area contributed by atoms with Crippen LogP contribution in [0.2, 0.25) is 0 Å². The molecule has 2 atom stereocenters. The first-order chi connectivity index (χ1) is 10.5. The van der Waals surface area contributed by atoms with Crippen molar-refractivity contribution in [3.63, 3.8) is 0 Å². The van der Waals surface area contributed by atoms with E-state index in [2.05, 4.69) is 4.74 Å². The fourth-order valence-corrected chi connectivity index (χ4v) is 5.61. The van der Waals surface area contributed by atoms with Crippen molar-refractivity contribution >= 4 is 16.6 Å². The van der Waals surface area contributed by atoms with Gasteiger partial charge in [0, 0.05) is 39.2 Å². The van der Waals surface area contributed by atoms with Crippen LogP contribution in [0.3, 0.4) is 0 Å². The number of carbonyl (C=O) groups is 1. The van der Waals surface area contributed by atoms with Crippen LogP contribution in [0.4, 0.5) is 8.78 Å². The topological polar surface area (TPSA) is 43.4 Å². The average Bonchev–Trinajstić information content (AvgIpc) is 2.71. The molecular formula is C16H18F2O3S. The number of benzene rings is 1. The van der Waals surface area contributed by atoms with Crippen LogP contribution in [0.25, 0.3) is 0 Å². The molecule has 2 heterocycles. The minimum Gasteiger partial charge on any atom is -0.435 e. The van der Waals surface area contributed by atoms with Crippen LogP contribution in [0, 0.1) is 5.92 Å². The Morgan fingerprint density at radius 3 is 2.50 bits per heavy atom. The Bertz CT molecular complexity index is 575. The van der Waals surface area contributed by atoms with Crippen LogP contribution in [-0.2, 0) is 22.0 Å². The zero-order chi connectivity index (χ0) is 15.7. The Morgan fingerprint density at radius 2 is 1.86 bits per heavy atom. The number of Topliss-reactive ketones (excluding diaryl/α,β-unsaturated/α-hetero) is 1. The van der Waals surface area contributed by atoms with Gasteiger partial charge in [-0.3, -0.25) is 9.00 Å². The van der Waals surface area contributed by atoms with E-state index in [0.717, 1.165) is 12.8 Å². The van der Waals surface area contributed by atoms with Gasteiger partial charge >= 0.3 is 6.61 Å². The van der Waals surface area contributed by atoms with E-state index in [9.17, 15) is 17.8 Å². The molecular weight excluding hydrogens is 310 g/mol. The second-order valence-corrected chi connectivity index (χ2v) is 7.94. The summed E-state index contributed by atoms with van der Waals surface area (Å²) < 4.78 is 41.3. The van der Waals surface area contributed by atoms with E-state index in [0.29, 0.717) is 18.4 Å². The van der Waals surface area contributed by atoms with Gasteiger partial charge < -0.3 is 4.74 Å². The fraction of sp³-hybridized carbons (Fsp3) is 0.562. The summed E-state index contributed by atoms with van der Waals surface area (Å²) in [6.07, 6.45) is 3.30. The normalized spacial score (nSPS) is 30.5. The van der Waals surface area contributed by atoms with Gasteiger partial charge in [-0.05, 0) is 31.7 Å². The maximum Gasteiger partial charge on any atom is 0.387 e. The Balaban J connectivity index is 1.69. The fourth-order valence-electron chi connectivity index (χ4n) is 3.49. The number of alkyl halides is 2. The summed E-state index contributed by atoms with van der Waals surface area (Å²) in [5, 5.41) is 0.278. The molecule has 1 aromatic rings. The molecule has 22 heavy (non-hydrogen) atoms. The van der Waals surface area contributed by atoms with Gasteiger partial charge in [-0.1, -0.05) is 18.2 Å². The van der Waals surface area contributed by atoms with Crippen LogP contribution in [0.5, 0.6) is 5.75 Å². The lowest BCUT2D eigenvalue weighted by atomic mass is 9.90. The van der Waals surface area contributed by atoms with E-state index in [1.54, 1.807) is 18.2 Å². The van der Waals surface area contributed by atoms with Gasteiger partial charge in [0.15, 0.2) is 0 Å². The molecule has 2 fully saturated rings. The third kappa shape index (κ3) is 3.21. The van der Waals surface area contributed by atoms with Crippen molar-refractivity contribution in [1.82, 2.24) is 0 Å². The molecule has 0 radical (unpaired) electrons. The molecule has 2 unspecified atom stereocenters. The van der Waals surface area contributed by atoms with Gasteiger partial charge in [0.2, 0.25) is 0 Å². The summed E-state index contributed by atoms with van der Waals surface area (Å²) in [5.41, 5.74) is 0.492. The molecule has 2 aliphatic heterocycles. The van der Waals surface area contributed by atoms with Gasteiger partial charge in [0.25, 0.3) is 0 Å². The van der Waals surface area contributed by atoms with Gasteiger partial charge in [-0.2, -0.15) is 8.78 Å². The number of carbonyl (C=O) groups excluding carboxylic acids is 1. The molecule has 0 aliphatic carbocycles. The number of rotatable bonds is 5. The lowest BCUT2D eigenvalue weighted by Gasteiger charge is -2.26. The first-order valence-corrected chi connectivity index (χ1v) is 8.77. The maximum atomic E-state index is 12.5. The Morgan fingerprint density at radius 1 is 1.23 bits per heavy atom. The Labute approximate surface area is 130 Å². The summed E-state index contributed by atoms with van der Waals surface area (Å²) in [6.45, 7) is -2.90. The molecule has 1 aromatic carbocycles. The standard InChI is InChI=1S/C16H18F2O3S/c17-16(18)21-15-4-2-1-3-10(15)9-14(19)11-7-12-5-6-13(8-11)22(12)20/h1-4,11-13,16H,5-9H2. The molecule has 3 rings (SSSR count). The van der Waals surface area contributed by atoms with Crippen LogP contribution < -0.4 is 4.74 Å². The van der Waals surface area contributed by atoms with E-state index in [4.69, 9.17) is 0 Å². The minimum absolute atomic E-state index is 0.0407. The zero-order valence-corrected chi connectivity index (χ0v) is 12.9. The third-order valence-electron chi connectivity index (χ3n) is 4.57. The van der Waals surface area contributed by atoms with E-state index in [1.165, 1.54) is 6.07 Å². The predicted molar refractivity (Wildman–Crippen MR) is 79.5 cm³/mol. The minimum atomic E-state index is -2.90. The van der Waals surface area contributed by atoms with Crippen molar-refractivity contribution in [2.45, 2.75) is 49.2 Å². The van der Waals surface area contributed by atoms with Crippen molar-refractivity contribution in [3.8, 4) is 5.75 Å². The summed E-state index contributed by atoms with van der Waals surface area (Å²) >= 11 is 0. The molecule has 2 bridgehead atoms. The van der Waals surface area contributed by atoms with Crippen molar-refractivity contribution in [2.75, 3.05) is 0 Å². The second kappa shape index (κ2) is 6.44. The SMILES string of the molecule is O=C(Cc1ccccc1OC(F)F)C1CC2CCC(C1)S2=O. The van der Waals surface area contributed by atoms with E-state index in [1.807, 2.05) is 0 Å². The molecule has 6 heteroatoms. The highest BCUT2D eigenvalue weighted by atomic mass is 32.2. The Kier molecular flexibility index (Phi) is 4.57. The lowest BCUT2D eigenvalue weighted by molar-refractivity contribution is -0.122. The molecule has 0 spiro atoms. The van der Waals surface area contributed by atoms with Crippen LogP contribution in [0.15, 0.2) is 24.3 Å². The summed E-state index contributed by atoms with van der Waals surface area (Å²) in [7, 11) is -0.791. The molecule has 0 saturated carbocycles. The summed E-state index contributed by atoms with van der Waals surface area (Å²) in [6, 6.07) is 6.41. The molecule has 0 aromatic heterocycles. The van der Waals surface area contributed by atoms with Gasteiger partial charge in [-0.15, -0.1) is 0 Å². The molecule has 0 amide bonds. The van der Waals surface area contributed by atoms with Crippen molar-refractivity contribution in [3.05, 3.63) is 29.8 Å². The molecule has 2 saturated heterocycles. The third-order valence-corrected chi connectivity index (χ3v) is 6.74. The number of halogens is 2. The number of hydrogen-bond acceptors (Lipinski definition) is 3. The van der Waals surface area contributed by atoms with E-state index >= 15 is 0 Å². The van der Waals surface area contributed by atoms with Crippen molar-refractivity contribution < 1.29 is 22.5 Å². The first kappa shape index (κ1) is 15.6. The van der Waals surface area contributed by atoms with Crippen molar-refractivity contribution in [2.24, 2.45) is 5.92 Å². The van der Waals surface area contributed by atoms with Crippen LogP contribution in [-0.4, -0.2) is 27.1 Å². The van der Waals surface area contributed by atoms with E-state index < -0.39 is 17.4 Å². The summed E-state index contributed by atoms with van der Waals surface area (Å²) in [4.78, 5) is 12.5. The largest absolute Gasteiger partial charge is 0.435 e. The van der Waals surface area contributed by atoms with Crippen LogP contribution >= 0.6 is 0 Å². The number of ketones is 1. The Hall–Kier alpha value is -1.30. The lowest BCUT2D eigenvalue weighted by Crippen LogP contribution is -2.33. The van der Waals surface area contributed by atoms with Gasteiger partial charge in [0.1, 0.15) is 11.5 Å². The number of hydrogen-bond donors (Lipinski definition) is 0. The highest BCUT2D eigenvalue weighted by Gasteiger charge is 2.42. The predicted octanol–water partition coefficient (Wildman–Crippen LogP) is 3.09. The molecule has 0 N–H and O–H groups in total. The smallest absolute Gasteiger partial charge is 0.387 e. The second-order valence-electron chi connectivity index (χ2n) is 5.95. The van der Waals surface area contributed by atoms with Crippen LogP contribution in [0.1, 0.15) is 31.2 Å². The number of para-hydroxylation sites is 1. The quantitative estimate of drug-likeness (QED) is 0.834. The maximum absolute atomic E-state index is 12.5.